The lowest BCUT2D eigenvalue weighted by Crippen LogP contribution is -2.53. The van der Waals surface area contributed by atoms with Gasteiger partial charge in [0.05, 0.1) is 0 Å². The van der Waals surface area contributed by atoms with Crippen molar-refractivity contribution in [3.05, 3.63) is 0 Å². The molecule has 0 atom stereocenters. The van der Waals surface area contributed by atoms with Gasteiger partial charge in [-0.25, -0.2) is 0 Å². The highest BCUT2D eigenvalue weighted by Crippen LogP contribution is 2.40. The molecule has 1 heterocycles. The quantitative estimate of drug-likeness (QED) is 0.625. The van der Waals surface area contributed by atoms with Crippen LogP contribution in [0.5, 0.6) is 0 Å². The van der Waals surface area contributed by atoms with Crippen LogP contribution in [0, 0.1) is 5.92 Å². The monoisotopic (exact) mass is 184 g/mol. The van der Waals surface area contributed by atoms with Crippen LogP contribution in [0.15, 0.2) is 0 Å². The number of hydrogen-bond acceptors (Lipinski definition) is 2. The molecule has 0 radical (unpaired) electrons. The van der Waals surface area contributed by atoms with Gasteiger partial charge in [0.15, 0.2) is 0 Å². The highest BCUT2D eigenvalue weighted by atomic mass is 35.5. The molecule has 1 saturated carbocycles. The predicted molar refractivity (Wildman–Crippen MR) is 47.0 cm³/mol. The highest BCUT2D eigenvalue weighted by Gasteiger charge is 2.47. The summed E-state index contributed by atoms with van der Waals surface area (Å²) < 4.78 is 0. The first-order chi connectivity index (χ1) is 3.81. The number of nitrogens with one attached hydrogen (secondary N) is 1. The van der Waals surface area contributed by atoms with Crippen LogP contribution >= 0.6 is 24.8 Å². The first-order valence-electron chi connectivity index (χ1n) is 3.31. The second-order valence-electron chi connectivity index (χ2n) is 3.09. The van der Waals surface area contributed by atoms with Crippen molar-refractivity contribution < 1.29 is 0 Å². The normalized spacial score (nSPS) is 27.3. The van der Waals surface area contributed by atoms with Gasteiger partial charge in [-0.05, 0) is 12.8 Å². The van der Waals surface area contributed by atoms with Crippen LogP contribution in [0.4, 0.5) is 0 Å². The summed E-state index contributed by atoms with van der Waals surface area (Å²) in [6.45, 7) is 2.33. The number of halogens is 2. The molecule has 0 amide bonds. The fourth-order valence-electron chi connectivity index (χ4n) is 1.25. The van der Waals surface area contributed by atoms with E-state index in [4.69, 9.17) is 5.73 Å². The zero-order chi connectivity index (χ0) is 5.61. The second kappa shape index (κ2) is 3.26. The van der Waals surface area contributed by atoms with E-state index >= 15 is 0 Å². The van der Waals surface area contributed by atoms with Crippen LogP contribution in [0.1, 0.15) is 12.8 Å². The van der Waals surface area contributed by atoms with Gasteiger partial charge in [-0.3, -0.25) is 0 Å². The summed E-state index contributed by atoms with van der Waals surface area (Å²) in [5, 5.41) is 3.23. The van der Waals surface area contributed by atoms with Crippen molar-refractivity contribution >= 4 is 24.8 Å². The summed E-state index contributed by atoms with van der Waals surface area (Å²) >= 11 is 0. The number of rotatable bonds is 1. The summed E-state index contributed by atoms with van der Waals surface area (Å²) in [5.74, 6) is 0.808. The Morgan fingerprint density at radius 2 is 1.70 bits per heavy atom. The van der Waals surface area contributed by atoms with Crippen molar-refractivity contribution in [1.29, 1.82) is 0 Å². The maximum Gasteiger partial charge on any atom is 0.0208 e. The first-order valence-corrected chi connectivity index (χ1v) is 3.31. The molecule has 1 aliphatic heterocycles. The molecule has 0 unspecified atom stereocenters. The molecule has 2 rings (SSSR count). The minimum Gasteiger partial charge on any atom is -0.325 e. The lowest BCUT2D eigenvalue weighted by Gasteiger charge is -2.32. The molecule has 0 aromatic rings. The van der Waals surface area contributed by atoms with E-state index in [0.29, 0.717) is 0 Å². The number of hydrogen-bond donors (Lipinski definition) is 2. The van der Waals surface area contributed by atoms with Crippen molar-refractivity contribution in [3.63, 3.8) is 0 Å². The third-order valence-corrected chi connectivity index (χ3v) is 2.42. The Morgan fingerprint density at radius 3 is 1.80 bits per heavy atom. The fourth-order valence-corrected chi connectivity index (χ4v) is 1.25. The minimum atomic E-state index is 0. The topological polar surface area (TPSA) is 38.0 Å². The third kappa shape index (κ3) is 1.56. The predicted octanol–water partition coefficient (Wildman–Crippen LogP) is 0.541. The molecule has 62 valence electrons. The average molecular weight is 185 g/mol. The lowest BCUT2D eigenvalue weighted by atomic mass is 9.92. The van der Waals surface area contributed by atoms with Crippen molar-refractivity contribution in [3.8, 4) is 0 Å². The van der Waals surface area contributed by atoms with Crippen LogP contribution in [0.3, 0.4) is 0 Å². The fraction of sp³-hybridized carbons (Fsp3) is 1.00. The van der Waals surface area contributed by atoms with Gasteiger partial charge in [0.25, 0.3) is 0 Å². The molecule has 2 aliphatic rings. The standard InChI is InChI=1S/C6H12N2.2ClH/c7-6(1-2-6)5-3-8-4-5;;/h5,8H,1-4,7H2;2*1H. The van der Waals surface area contributed by atoms with Gasteiger partial charge in [0.1, 0.15) is 0 Å². The Balaban J connectivity index is 0.000000405. The zero-order valence-corrected chi connectivity index (χ0v) is 7.43. The lowest BCUT2D eigenvalue weighted by molar-refractivity contribution is 0.277. The van der Waals surface area contributed by atoms with E-state index in [1.54, 1.807) is 0 Å². The van der Waals surface area contributed by atoms with Gasteiger partial charge in [-0.2, -0.15) is 0 Å². The third-order valence-electron chi connectivity index (χ3n) is 2.42. The van der Waals surface area contributed by atoms with Crippen LogP contribution < -0.4 is 11.1 Å². The molecular weight excluding hydrogens is 171 g/mol. The Morgan fingerprint density at radius 1 is 1.20 bits per heavy atom. The van der Waals surface area contributed by atoms with Crippen LogP contribution in [0.2, 0.25) is 0 Å². The van der Waals surface area contributed by atoms with Crippen molar-refractivity contribution in [1.82, 2.24) is 5.32 Å². The minimum absolute atomic E-state index is 0. The molecular formula is C6H14Cl2N2. The average Bonchev–Trinajstić information content (AvgIpc) is 2.12. The van der Waals surface area contributed by atoms with Crippen molar-refractivity contribution in [2.75, 3.05) is 13.1 Å². The van der Waals surface area contributed by atoms with E-state index in [2.05, 4.69) is 5.32 Å². The molecule has 1 saturated heterocycles. The summed E-state index contributed by atoms with van der Waals surface area (Å²) in [6.07, 6.45) is 2.53. The molecule has 2 nitrogen and oxygen atoms in total. The molecule has 2 fully saturated rings. The Bertz CT molecular complexity index is 110. The molecule has 10 heavy (non-hydrogen) atoms. The second-order valence-corrected chi connectivity index (χ2v) is 3.09. The molecule has 0 bridgehead atoms. The maximum atomic E-state index is 5.91. The van der Waals surface area contributed by atoms with E-state index < -0.39 is 0 Å². The van der Waals surface area contributed by atoms with E-state index in [0.717, 1.165) is 19.0 Å². The molecule has 0 aromatic carbocycles. The van der Waals surface area contributed by atoms with E-state index in [9.17, 15) is 0 Å². The summed E-state index contributed by atoms with van der Waals surface area (Å²) in [4.78, 5) is 0. The smallest absolute Gasteiger partial charge is 0.0208 e. The first kappa shape index (κ1) is 10.5. The molecule has 4 heteroatoms. The Kier molecular flexibility index (Phi) is 3.43. The number of nitrogens with two attached hydrogens (primary N) is 1. The van der Waals surface area contributed by atoms with Gasteiger partial charge in [-0.1, -0.05) is 0 Å². The highest BCUT2D eigenvalue weighted by molar-refractivity contribution is 5.85. The molecule has 0 spiro atoms. The van der Waals surface area contributed by atoms with Gasteiger partial charge in [-0.15, -0.1) is 24.8 Å². The largest absolute Gasteiger partial charge is 0.325 e. The van der Waals surface area contributed by atoms with Crippen LogP contribution in [-0.4, -0.2) is 18.6 Å². The maximum absolute atomic E-state index is 5.91. The van der Waals surface area contributed by atoms with Crippen molar-refractivity contribution in [2.45, 2.75) is 18.4 Å². The Labute approximate surface area is 73.7 Å². The van der Waals surface area contributed by atoms with E-state index in [-0.39, 0.29) is 30.4 Å². The van der Waals surface area contributed by atoms with Gasteiger partial charge in [0.2, 0.25) is 0 Å². The molecule has 1 aliphatic carbocycles. The van der Waals surface area contributed by atoms with Crippen LogP contribution in [0.25, 0.3) is 0 Å². The van der Waals surface area contributed by atoms with Crippen molar-refractivity contribution in [2.24, 2.45) is 11.7 Å². The van der Waals surface area contributed by atoms with E-state index in [1.165, 1.54) is 12.8 Å². The molecule has 0 aromatic heterocycles. The van der Waals surface area contributed by atoms with Gasteiger partial charge < -0.3 is 11.1 Å². The van der Waals surface area contributed by atoms with Gasteiger partial charge >= 0.3 is 0 Å². The summed E-state index contributed by atoms with van der Waals surface area (Å²) in [6, 6.07) is 0. The zero-order valence-electron chi connectivity index (χ0n) is 5.80. The summed E-state index contributed by atoms with van der Waals surface area (Å²) in [7, 11) is 0. The SMILES string of the molecule is Cl.Cl.NC1(C2CNC2)CC1. The Hall–Kier alpha value is 0.500. The van der Waals surface area contributed by atoms with Gasteiger partial charge in [0, 0.05) is 24.5 Å². The van der Waals surface area contributed by atoms with E-state index in [1.807, 2.05) is 0 Å². The molecule has 3 N–H and O–H groups in total. The summed E-state index contributed by atoms with van der Waals surface area (Å²) in [5.41, 5.74) is 6.19. The van der Waals surface area contributed by atoms with Crippen LogP contribution in [-0.2, 0) is 0 Å².